The van der Waals surface area contributed by atoms with Gasteiger partial charge in [0.15, 0.2) is 5.96 Å². The summed E-state index contributed by atoms with van der Waals surface area (Å²) in [7, 11) is 0. The van der Waals surface area contributed by atoms with Gasteiger partial charge in [0.05, 0.1) is 19.8 Å². The van der Waals surface area contributed by atoms with Crippen molar-refractivity contribution in [2.24, 2.45) is 10.9 Å². The van der Waals surface area contributed by atoms with Crippen molar-refractivity contribution in [3.05, 3.63) is 35.9 Å². The molecule has 1 aliphatic rings. The third kappa shape index (κ3) is 7.15. The van der Waals surface area contributed by atoms with Crippen LogP contribution < -0.4 is 5.32 Å². The number of nitrogens with one attached hydrogen (secondary N) is 1. The van der Waals surface area contributed by atoms with E-state index in [1.807, 2.05) is 6.07 Å². The first-order chi connectivity index (χ1) is 13.2. The topological polar surface area (TPSA) is 40.1 Å². The number of rotatable bonds is 10. The van der Waals surface area contributed by atoms with Crippen LogP contribution in [-0.4, -0.2) is 67.7 Å². The van der Waals surface area contributed by atoms with E-state index in [-0.39, 0.29) is 0 Å². The minimum absolute atomic E-state index is 0.473. The van der Waals surface area contributed by atoms with Crippen LogP contribution in [0.4, 0.5) is 0 Å². The lowest BCUT2D eigenvalue weighted by Crippen LogP contribution is -2.42. The summed E-state index contributed by atoms with van der Waals surface area (Å²) in [6.45, 7) is 16.4. The average Bonchev–Trinajstić information content (AvgIpc) is 3.15. The predicted molar refractivity (Wildman–Crippen MR) is 114 cm³/mol. The largest absolute Gasteiger partial charge is 0.376 e. The monoisotopic (exact) mass is 374 g/mol. The SMILES string of the molecule is CCNC(=NCC(C)N(CC)CC)N1CCC(COCc2ccccc2)C1. The second-order valence-electron chi connectivity index (χ2n) is 7.37. The van der Waals surface area contributed by atoms with Crippen LogP contribution in [0, 0.1) is 5.92 Å². The maximum atomic E-state index is 5.96. The van der Waals surface area contributed by atoms with Gasteiger partial charge in [-0.15, -0.1) is 0 Å². The van der Waals surface area contributed by atoms with Crippen LogP contribution in [0.5, 0.6) is 0 Å². The van der Waals surface area contributed by atoms with Crippen LogP contribution >= 0.6 is 0 Å². The molecule has 2 unspecified atom stereocenters. The normalized spacial score (nSPS) is 18.9. The van der Waals surface area contributed by atoms with Gasteiger partial charge >= 0.3 is 0 Å². The van der Waals surface area contributed by atoms with E-state index < -0.39 is 0 Å². The van der Waals surface area contributed by atoms with Crippen LogP contribution in [0.15, 0.2) is 35.3 Å². The number of guanidine groups is 1. The van der Waals surface area contributed by atoms with Gasteiger partial charge < -0.3 is 15.0 Å². The Balaban J connectivity index is 1.81. The minimum Gasteiger partial charge on any atom is -0.376 e. The molecular weight excluding hydrogens is 336 g/mol. The molecule has 1 aromatic carbocycles. The van der Waals surface area contributed by atoms with E-state index in [4.69, 9.17) is 9.73 Å². The smallest absolute Gasteiger partial charge is 0.193 e. The number of ether oxygens (including phenoxy) is 1. The number of likely N-dealkylation sites (N-methyl/N-ethyl adjacent to an activating group) is 1. The van der Waals surface area contributed by atoms with Crippen LogP contribution in [0.3, 0.4) is 0 Å². The Morgan fingerprint density at radius 3 is 2.67 bits per heavy atom. The summed E-state index contributed by atoms with van der Waals surface area (Å²) in [5.41, 5.74) is 1.24. The van der Waals surface area contributed by atoms with E-state index in [1.165, 1.54) is 12.0 Å². The van der Waals surface area contributed by atoms with E-state index in [1.54, 1.807) is 0 Å². The van der Waals surface area contributed by atoms with Gasteiger partial charge in [-0.3, -0.25) is 9.89 Å². The lowest BCUT2D eigenvalue weighted by atomic mass is 10.1. The highest BCUT2D eigenvalue weighted by atomic mass is 16.5. The Hall–Kier alpha value is -1.59. The van der Waals surface area contributed by atoms with Crippen molar-refractivity contribution in [2.75, 3.05) is 45.9 Å². The number of aliphatic imine (C=N–C) groups is 1. The first-order valence-electron chi connectivity index (χ1n) is 10.6. The molecule has 1 fully saturated rings. The molecule has 0 aliphatic carbocycles. The second-order valence-corrected chi connectivity index (χ2v) is 7.37. The molecule has 1 N–H and O–H groups in total. The molecule has 5 heteroatoms. The molecule has 0 radical (unpaired) electrons. The Labute approximate surface area is 165 Å². The summed E-state index contributed by atoms with van der Waals surface area (Å²) in [6.07, 6.45) is 1.17. The molecule has 2 rings (SSSR count). The van der Waals surface area contributed by atoms with E-state index in [0.717, 1.165) is 51.8 Å². The fraction of sp³-hybridized carbons (Fsp3) is 0.682. The van der Waals surface area contributed by atoms with Crippen LogP contribution in [0.25, 0.3) is 0 Å². The molecule has 1 aliphatic heterocycles. The van der Waals surface area contributed by atoms with Gasteiger partial charge in [0.2, 0.25) is 0 Å². The number of likely N-dealkylation sites (tertiary alicyclic amines) is 1. The highest BCUT2D eigenvalue weighted by Gasteiger charge is 2.25. The second kappa shape index (κ2) is 12.0. The zero-order chi connectivity index (χ0) is 19.5. The first-order valence-corrected chi connectivity index (χ1v) is 10.6. The van der Waals surface area contributed by atoms with Crippen molar-refractivity contribution in [1.29, 1.82) is 0 Å². The van der Waals surface area contributed by atoms with Crippen molar-refractivity contribution in [3.8, 4) is 0 Å². The quantitative estimate of drug-likeness (QED) is 0.504. The highest BCUT2D eigenvalue weighted by molar-refractivity contribution is 5.80. The number of hydrogen-bond acceptors (Lipinski definition) is 3. The molecule has 0 aromatic heterocycles. The molecule has 152 valence electrons. The Kier molecular flexibility index (Phi) is 9.64. The summed E-state index contributed by atoms with van der Waals surface area (Å²) in [4.78, 5) is 9.78. The summed E-state index contributed by atoms with van der Waals surface area (Å²) in [6, 6.07) is 10.9. The van der Waals surface area contributed by atoms with Gasteiger partial charge in [0.1, 0.15) is 0 Å². The fourth-order valence-corrected chi connectivity index (χ4v) is 3.69. The summed E-state index contributed by atoms with van der Waals surface area (Å²) < 4.78 is 5.96. The van der Waals surface area contributed by atoms with Gasteiger partial charge in [-0.2, -0.15) is 0 Å². The van der Waals surface area contributed by atoms with Gasteiger partial charge in [-0.1, -0.05) is 44.2 Å². The summed E-state index contributed by atoms with van der Waals surface area (Å²) >= 11 is 0. The van der Waals surface area contributed by atoms with Crippen LogP contribution in [0.1, 0.15) is 39.7 Å². The number of nitrogens with zero attached hydrogens (tertiary/aromatic N) is 3. The van der Waals surface area contributed by atoms with E-state index in [0.29, 0.717) is 18.6 Å². The van der Waals surface area contributed by atoms with Crippen molar-refractivity contribution in [2.45, 2.75) is 46.8 Å². The molecule has 1 saturated heterocycles. The van der Waals surface area contributed by atoms with Crippen molar-refractivity contribution >= 4 is 5.96 Å². The third-order valence-corrected chi connectivity index (χ3v) is 5.33. The third-order valence-electron chi connectivity index (χ3n) is 5.33. The summed E-state index contributed by atoms with van der Waals surface area (Å²) in [5, 5.41) is 3.47. The summed E-state index contributed by atoms with van der Waals surface area (Å²) in [5.74, 6) is 1.64. The van der Waals surface area contributed by atoms with E-state index in [9.17, 15) is 0 Å². The Morgan fingerprint density at radius 1 is 1.26 bits per heavy atom. The molecule has 0 spiro atoms. The zero-order valence-electron chi connectivity index (χ0n) is 17.7. The predicted octanol–water partition coefficient (Wildman–Crippen LogP) is 3.22. The maximum absolute atomic E-state index is 5.96. The molecule has 1 heterocycles. The Bertz CT molecular complexity index is 545. The molecule has 27 heavy (non-hydrogen) atoms. The molecule has 1 aromatic rings. The first kappa shape index (κ1) is 21.7. The zero-order valence-corrected chi connectivity index (χ0v) is 17.7. The molecule has 5 nitrogen and oxygen atoms in total. The van der Waals surface area contributed by atoms with Crippen LogP contribution in [0.2, 0.25) is 0 Å². The lowest BCUT2D eigenvalue weighted by molar-refractivity contribution is 0.0906. The Morgan fingerprint density at radius 2 is 2.00 bits per heavy atom. The minimum atomic E-state index is 0.473. The molecule has 2 atom stereocenters. The number of benzene rings is 1. The fourth-order valence-electron chi connectivity index (χ4n) is 3.69. The van der Waals surface area contributed by atoms with Crippen molar-refractivity contribution in [1.82, 2.24) is 15.1 Å². The number of hydrogen-bond donors (Lipinski definition) is 1. The van der Waals surface area contributed by atoms with Gasteiger partial charge in [-0.05, 0) is 38.9 Å². The molecule has 0 amide bonds. The lowest BCUT2D eigenvalue weighted by Gasteiger charge is -2.26. The standard InChI is InChI=1S/C22H38N4O/c1-5-23-22(24-15-19(4)25(6-2)7-3)26-14-13-21(16-26)18-27-17-20-11-9-8-10-12-20/h8-12,19,21H,5-7,13-18H2,1-4H3,(H,23,24). The molecule has 0 bridgehead atoms. The van der Waals surface area contributed by atoms with Gasteiger partial charge in [-0.25, -0.2) is 0 Å². The van der Waals surface area contributed by atoms with Gasteiger partial charge in [0.25, 0.3) is 0 Å². The van der Waals surface area contributed by atoms with E-state index in [2.05, 4.69) is 67.1 Å². The molecular formula is C22H38N4O. The average molecular weight is 375 g/mol. The molecule has 0 saturated carbocycles. The van der Waals surface area contributed by atoms with Crippen LogP contribution in [-0.2, 0) is 11.3 Å². The van der Waals surface area contributed by atoms with Crippen molar-refractivity contribution < 1.29 is 4.74 Å². The van der Waals surface area contributed by atoms with Gasteiger partial charge in [0, 0.05) is 31.6 Å². The van der Waals surface area contributed by atoms with Crippen molar-refractivity contribution in [3.63, 3.8) is 0 Å². The maximum Gasteiger partial charge on any atom is 0.193 e. The highest BCUT2D eigenvalue weighted by Crippen LogP contribution is 2.17. The van der Waals surface area contributed by atoms with E-state index >= 15 is 0 Å².